The molecule has 2 unspecified atom stereocenters. The van der Waals surface area contributed by atoms with Crippen LogP contribution in [-0.2, 0) is 0 Å². The number of allylic oxidation sites excluding steroid dienone is 1. The fourth-order valence-electron chi connectivity index (χ4n) is 2.72. The quantitative estimate of drug-likeness (QED) is 0.635. The van der Waals surface area contributed by atoms with Gasteiger partial charge in [0.15, 0.2) is 0 Å². The first-order valence-electron chi connectivity index (χ1n) is 8.29. The van der Waals surface area contributed by atoms with E-state index in [1.165, 1.54) is 6.20 Å². The highest BCUT2D eigenvalue weighted by Crippen LogP contribution is 2.36. The molecule has 0 bridgehead atoms. The molecule has 1 aromatic heterocycles. The number of aromatic nitrogens is 2. The molecule has 1 fully saturated rings. The van der Waals surface area contributed by atoms with E-state index >= 15 is 0 Å². The zero-order chi connectivity index (χ0) is 17.9. The molecule has 1 aromatic rings. The number of nitrogens with one attached hydrogen (secondary N) is 2. The number of aliphatic hydroxyl groups is 1. The molecule has 132 valence electrons. The number of nitrogens with two attached hydrogens (primary N) is 1. The van der Waals surface area contributed by atoms with Crippen molar-refractivity contribution < 1.29 is 9.90 Å². The van der Waals surface area contributed by atoms with Gasteiger partial charge in [0.1, 0.15) is 5.82 Å². The summed E-state index contributed by atoms with van der Waals surface area (Å²) in [6.45, 7) is 9.95. The molecule has 2 atom stereocenters. The number of carbonyl (C=O) groups excluding carboxylic acids is 1. The summed E-state index contributed by atoms with van der Waals surface area (Å²) in [6.07, 6.45) is 4.12. The van der Waals surface area contributed by atoms with Crippen molar-refractivity contribution in [3.8, 4) is 0 Å². The molecule has 0 radical (unpaired) electrons. The summed E-state index contributed by atoms with van der Waals surface area (Å²) in [7, 11) is 0. The van der Waals surface area contributed by atoms with Gasteiger partial charge < -0.3 is 21.5 Å². The Kier molecular flexibility index (Phi) is 5.43. The summed E-state index contributed by atoms with van der Waals surface area (Å²) in [4.78, 5) is 20.1. The number of nitrogens with zero attached hydrogens (tertiary/aromatic N) is 2. The van der Waals surface area contributed by atoms with Gasteiger partial charge in [0.2, 0.25) is 5.95 Å². The van der Waals surface area contributed by atoms with Crippen LogP contribution in [0.15, 0.2) is 18.5 Å². The van der Waals surface area contributed by atoms with E-state index in [1.807, 2.05) is 6.92 Å². The Morgan fingerprint density at radius 1 is 1.54 bits per heavy atom. The van der Waals surface area contributed by atoms with E-state index in [0.29, 0.717) is 18.2 Å². The van der Waals surface area contributed by atoms with Gasteiger partial charge in [-0.3, -0.25) is 4.79 Å². The van der Waals surface area contributed by atoms with Crippen molar-refractivity contribution in [1.82, 2.24) is 9.97 Å². The Labute approximate surface area is 142 Å². The minimum atomic E-state index is -0.588. The Morgan fingerprint density at radius 3 is 2.83 bits per heavy atom. The van der Waals surface area contributed by atoms with Gasteiger partial charge in [0.25, 0.3) is 5.91 Å². The Morgan fingerprint density at radius 2 is 2.25 bits per heavy atom. The first-order valence-corrected chi connectivity index (χ1v) is 8.29. The Hall–Kier alpha value is -2.15. The molecule has 5 N–H and O–H groups in total. The predicted octanol–water partition coefficient (Wildman–Crippen LogP) is 2.26. The monoisotopic (exact) mass is 333 g/mol. The van der Waals surface area contributed by atoms with Gasteiger partial charge in [-0.05, 0) is 31.1 Å². The lowest BCUT2D eigenvalue weighted by Gasteiger charge is -2.39. The average Bonchev–Trinajstić information content (AvgIpc) is 2.51. The number of amides is 1. The first-order chi connectivity index (χ1) is 11.2. The van der Waals surface area contributed by atoms with Crippen LogP contribution in [0.1, 0.15) is 56.8 Å². The lowest BCUT2D eigenvalue weighted by molar-refractivity contribution is 0.00912. The van der Waals surface area contributed by atoms with Crippen LogP contribution < -0.4 is 16.4 Å². The first kappa shape index (κ1) is 18.2. The summed E-state index contributed by atoms with van der Waals surface area (Å²) in [5.74, 6) is 0.168. The molecule has 24 heavy (non-hydrogen) atoms. The second-order valence-electron chi connectivity index (χ2n) is 7.02. The van der Waals surface area contributed by atoms with Crippen LogP contribution in [0.5, 0.6) is 0 Å². The van der Waals surface area contributed by atoms with Crippen LogP contribution in [0.4, 0.5) is 11.8 Å². The van der Waals surface area contributed by atoms with Crippen LogP contribution in [0.25, 0.3) is 0 Å². The van der Waals surface area contributed by atoms with Crippen molar-refractivity contribution in [2.24, 2.45) is 11.1 Å². The fourth-order valence-corrected chi connectivity index (χ4v) is 2.72. The van der Waals surface area contributed by atoms with Crippen LogP contribution >= 0.6 is 0 Å². The van der Waals surface area contributed by atoms with E-state index in [0.717, 1.165) is 25.0 Å². The van der Waals surface area contributed by atoms with Crippen LogP contribution in [0.3, 0.4) is 0 Å². The third-order valence-electron chi connectivity index (χ3n) is 4.66. The molecule has 1 heterocycles. The predicted molar refractivity (Wildman–Crippen MR) is 94.7 cm³/mol. The fraction of sp³-hybridized carbons (Fsp3) is 0.588. The molecule has 0 aliphatic heterocycles. The third-order valence-corrected chi connectivity index (χ3v) is 4.66. The van der Waals surface area contributed by atoms with Crippen molar-refractivity contribution in [2.75, 3.05) is 10.6 Å². The van der Waals surface area contributed by atoms with Gasteiger partial charge in [-0.2, -0.15) is 4.98 Å². The number of anilines is 2. The van der Waals surface area contributed by atoms with Crippen molar-refractivity contribution in [3.63, 3.8) is 0 Å². The Balaban J connectivity index is 2.19. The molecule has 1 aliphatic rings. The van der Waals surface area contributed by atoms with E-state index in [2.05, 4.69) is 41.0 Å². The van der Waals surface area contributed by atoms with Gasteiger partial charge in [0.05, 0.1) is 11.7 Å². The van der Waals surface area contributed by atoms with E-state index in [-0.39, 0.29) is 17.0 Å². The van der Waals surface area contributed by atoms with Crippen LogP contribution in [-0.4, -0.2) is 33.1 Å². The van der Waals surface area contributed by atoms with Crippen molar-refractivity contribution in [1.29, 1.82) is 0 Å². The number of hydrogen-bond acceptors (Lipinski definition) is 6. The van der Waals surface area contributed by atoms with Crippen molar-refractivity contribution in [2.45, 2.75) is 58.6 Å². The minimum absolute atomic E-state index is 0.0308. The molecule has 1 saturated carbocycles. The van der Waals surface area contributed by atoms with E-state index in [4.69, 9.17) is 5.73 Å². The van der Waals surface area contributed by atoms with Crippen molar-refractivity contribution in [3.05, 3.63) is 24.0 Å². The number of primary amides is 1. The molecule has 7 heteroatoms. The van der Waals surface area contributed by atoms with E-state index < -0.39 is 12.0 Å². The summed E-state index contributed by atoms with van der Waals surface area (Å²) in [5, 5.41) is 16.5. The molecule has 7 nitrogen and oxygen atoms in total. The lowest BCUT2D eigenvalue weighted by atomic mass is 9.73. The maximum atomic E-state index is 11.6. The summed E-state index contributed by atoms with van der Waals surface area (Å²) in [5.41, 5.74) is 6.34. The third kappa shape index (κ3) is 4.23. The second-order valence-corrected chi connectivity index (χ2v) is 7.02. The SMILES string of the molecule is C=C(CC)Nc1ncc(C(N)=O)c(NC2CCC(C)(C)C(O)C2)n1. The average molecular weight is 333 g/mol. The summed E-state index contributed by atoms with van der Waals surface area (Å²) < 4.78 is 0. The number of aliphatic hydroxyl groups excluding tert-OH is 1. The molecule has 1 aliphatic carbocycles. The maximum absolute atomic E-state index is 11.6. The van der Waals surface area contributed by atoms with Crippen molar-refractivity contribution >= 4 is 17.7 Å². The highest BCUT2D eigenvalue weighted by atomic mass is 16.3. The number of carbonyl (C=O) groups is 1. The molecular weight excluding hydrogens is 306 g/mol. The molecular formula is C17H27N5O2. The lowest BCUT2D eigenvalue weighted by Crippen LogP contribution is -2.41. The second kappa shape index (κ2) is 7.17. The maximum Gasteiger partial charge on any atom is 0.254 e. The molecule has 0 aromatic carbocycles. The number of rotatable bonds is 6. The smallest absolute Gasteiger partial charge is 0.254 e. The molecule has 2 rings (SSSR count). The standard InChI is InChI=1S/C17H27N5O2/c1-5-10(2)20-16-19-9-12(14(18)24)15(22-16)21-11-6-7-17(3,4)13(23)8-11/h9,11,13,23H,2,5-8H2,1,3-4H3,(H2,18,24)(H2,19,20,21,22). The van der Waals surface area contributed by atoms with Gasteiger partial charge in [-0.25, -0.2) is 4.98 Å². The van der Waals surface area contributed by atoms with E-state index in [1.54, 1.807) is 0 Å². The Bertz CT molecular complexity index is 629. The van der Waals surface area contributed by atoms with E-state index in [9.17, 15) is 9.90 Å². The van der Waals surface area contributed by atoms with Gasteiger partial charge in [0, 0.05) is 17.9 Å². The number of hydrogen-bond donors (Lipinski definition) is 4. The summed E-state index contributed by atoms with van der Waals surface area (Å²) >= 11 is 0. The molecule has 0 saturated heterocycles. The molecule has 1 amide bonds. The van der Waals surface area contributed by atoms with Gasteiger partial charge in [-0.1, -0.05) is 27.4 Å². The van der Waals surface area contributed by atoms with Gasteiger partial charge in [-0.15, -0.1) is 0 Å². The highest BCUT2D eigenvalue weighted by molar-refractivity contribution is 5.97. The zero-order valence-electron chi connectivity index (χ0n) is 14.6. The van der Waals surface area contributed by atoms with Crippen LogP contribution in [0, 0.1) is 5.41 Å². The van der Waals surface area contributed by atoms with Gasteiger partial charge >= 0.3 is 0 Å². The molecule has 0 spiro atoms. The summed E-state index contributed by atoms with van der Waals surface area (Å²) in [6, 6.07) is 0.0308. The van der Waals surface area contributed by atoms with Crippen LogP contribution in [0.2, 0.25) is 0 Å². The topological polar surface area (TPSA) is 113 Å². The highest BCUT2D eigenvalue weighted by Gasteiger charge is 2.35. The minimum Gasteiger partial charge on any atom is -0.392 e. The largest absolute Gasteiger partial charge is 0.392 e. The normalized spacial score (nSPS) is 22.7. The zero-order valence-corrected chi connectivity index (χ0v) is 14.6.